The van der Waals surface area contributed by atoms with Gasteiger partial charge in [0.15, 0.2) is 11.5 Å². The molecule has 3 rings (SSSR count). The molecule has 1 aliphatic rings. The number of rotatable bonds is 3. The average Bonchev–Trinajstić information content (AvgIpc) is 2.54. The number of nitrogens with zero attached hydrogens (tertiary/aromatic N) is 1. The lowest BCUT2D eigenvalue weighted by Gasteiger charge is -2.32. The van der Waals surface area contributed by atoms with Gasteiger partial charge in [-0.3, -0.25) is 4.79 Å². The maximum atomic E-state index is 12.9. The molecule has 1 heterocycles. The van der Waals surface area contributed by atoms with Crippen LogP contribution in [0.2, 0.25) is 0 Å². The molecule has 2 N–H and O–H groups in total. The minimum atomic E-state index is -0.137. The van der Waals surface area contributed by atoms with Gasteiger partial charge < -0.3 is 15.4 Å². The summed E-state index contributed by atoms with van der Waals surface area (Å²) in [4.78, 5) is 14.6. The van der Waals surface area contributed by atoms with E-state index in [0.717, 1.165) is 11.3 Å². The molecule has 0 bridgehead atoms. The van der Waals surface area contributed by atoms with Crippen LogP contribution in [-0.4, -0.2) is 12.5 Å². The number of amides is 1. The standard InChI is InChI=1S/C20H22N2O2/c1-13(2)12-22-17-11-16(21)8-9-18(17)24-19(20(22)23)10-15-6-4-14(3)5-7-15/h4-11,13H,12,21H2,1-3H3/b19-10+. The first kappa shape index (κ1) is 16.1. The normalized spacial score (nSPS) is 15.6. The molecule has 0 saturated heterocycles. The van der Waals surface area contributed by atoms with Crippen molar-refractivity contribution >= 4 is 23.4 Å². The van der Waals surface area contributed by atoms with Crippen LogP contribution in [0.4, 0.5) is 11.4 Å². The SMILES string of the molecule is Cc1ccc(/C=C2/Oc3ccc(N)cc3N(CC(C)C)C2=O)cc1. The van der Waals surface area contributed by atoms with Gasteiger partial charge in [0.1, 0.15) is 0 Å². The third-order valence-electron chi connectivity index (χ3n) is 3.87. The van der Waals surface area contributed by atoms with Crippen LogP contribution in [0.3, 0.4) is 0 Å². The van der Waals surface area contributed by atoms with Gasteiger partial charge in [-0.05, 0) is 42.7 Å². The number of hydrogen-bond acceptors (Lipinski definition) is 3. The van der Waals surface area contributed by atoms with Gasteiger partial charge in [0, 0.05) is 12.2 Å². The molecule has 2 aromatic carbocycles. The number of ether oxygens (including phenoxy) is 1. The number of nitrogens with two attached hydrogens (primary N) is 1. The Morgan fingerprint density at radius 3 is 2.54 bits per heavy atom. The van der Waals surface area contributed by atoms with Crippen molar-refractivity contribution in [2.75, 3.05) is 17.2 Å². The van der Waals surface area contributed by atoms with Gasteiger partial charge in [0.25, 0.3) is 5.91 Å². The quantitative estimate of drug-likeness (QED) is 0.686. The molecule has 1 amide bonds. The summed E-state index contributed by atoms with van der Waals surface area (Å²) < 4.78 is 5.86. The number of benzene rings is 2. The van der Waals surface area contributed by atoms with Gasteiger partial charge in [-0.25, -0.2) is 0 Å². The number of aryl methyl sites for hydroxylation is 1. The van der Waals surface area contributed by atoms with Crippen molar-refractivity contribution in [2.24, 2.45) is 5.92 Å². The fourth-order valence-electron chi connectivity index (χ4n) is 2.69. The maximum Gasteiger partial charge on any atom is 0.294 e. The van der Waals surface area contributed by atoms with E-state index in [0.29, 0.717) is 29.7 Å². The highest BCUT2D eigenvalue weighted by atomic mass is 16.5. The molecular weight excluding hydrogens is 300 g/mol. The van der Waals surface area contributed by atoms with Gasteiger partial charge >= 0.3 is 0 Å². The van der Waals surface area contributed by atoms with E-state index in [9.17, 15) is 4.79 Å². The van der Waals surface area contributed by atoms with E-state index in [1.165, 1.54) is 5.56 Å². The molecule has 0 radical (unpaired) electrons. The zero-order chi connectivity index (χ0) is 17.3. The highest BCUT2D eigenvalue weighted by molar-refractivity contribution is 6.10. The molecule has 1 aliphatic heterocycles. The number of fused-ring (bicyclic) bond motifs is 1. The first-order valence-corrected chi connectivity index (χ1v) is 8.11. The lowest BCUT2D eigenvalue weighted by Crippen LogP contribution is -2.39. The fourth-order valence-corrected chi connectivity index (χ4v) is 2.69. The van der Waals surface area contributed by atoms with E-state index in [1.54, 1.807) is 23.1 Å². The van der Waals surface area contributed by atoms with Gasteiger partial charge in [-0.2, -0.15) is 0 Å². The maximum absolute atomic E-state index is 12.9. The van der Waals surface area contributed by atoms with E-state index < -0.39 is 0 Å². The van der Waals surface area contributed by atoms with E-state index in [2.05, 4.69) is 13.8 Å². The third-order valence-corrected chi connectivity index (χ3v) is 3.87. The summed E-state index contributed by atoms with van der Waals surface area (Å²) in [5.41, 5.74) is 9.34. The highest BCUT2D eigenvalue weighted by Gasteiger charge is 2.30. The Hall–Kier alpha value is -2.75. The van der Waals surface area contributed by atoms with E-state index >= 15 is 0 Å². The van der Waals surface area contributed by atoms with E-state index in [1.807, 2.05) is 37.3 Å². The second-order valence-corrected chi connectivity index (χ2v) is 6.56. The van der Waals surface area contributed by atoms with Gasteiger partial charge in [-0.1, -0.05) is 43.7 Å². The number of carbonyl (C=O) groups is 1. The smallest absolute Gasteiger partial charge is 0.294 e. The predicted molar refractivity (Wildman–Crippen MR) is 97.8 cm³/mol. The Kier molecular flexibility index (Phi) is 4.30. The summed E-state index contributed by atoms with van der Waals surface area (Å²) in [6.45, 7) is 6.81. The Morgan fingerprint density at radius 1 is 1.17 bits per heavy atom. The topological polar surface area (TPSA) is 55.6 Å². The van der Waals surface area contributed by atoms with Crippen LogP contribution >= 0.6 is 0 Å². The summed E-state index contributed by atoms with van der Waals surface area (Å²) in [7, 11) is 0. The number of anilines is 2. The molecule has 0 unspecified atom stereocenters. The van der Waals surface area contributed by atoms with Crippen LogP contribution in [0.15, 0.2) is 48.2 Å². The highest BCUT2D eigenvalue weighted by Crippen LogP contribution is 2.37. The minimum absolute atomic E-state index is 0.137. The Morgan fingerprint density at radius 2 is 1.88 bits per heavy atom. The molecule has 4 nitrogen and oxygen atoms in total. The second-order valence-electron chi connectivity index (χ2n) is 6.56. The molecule has 0 atom stereocenters. The second kappa shape index (κ2) is 6.40. The van der Waals surface area contributed by atoms with Crippen LogP contribution in [0.1, 0.15) is 25.0 Å². The van der Waals surface area contributed by atoms with Crippen LogP contribution in [-0.2, 0) is 4.79 Å². The minimum Gasteiger partial charge on any atom is -0.449 e. The number of hydrogen-bond donors (Lipinski definition) is 1. The molecule has 0 saturated carbocycles. The van der Waals surface area contributed by atoms with Crippen molar-refractivity contribution in [1.82, 2.24) is 0 Å². The largest absolute Gasteiger partial charge is 0.449 e. The lowest BCUT2D eigenvalue weighted by molar-refractivity contribution is -0.117. The first-order valence-electron chi connectivity index (χ1n) is 8.11. The summed E-state index contributed by atoms with van der Waals surface area (Å²) >= 11 is 0. The monoisotopic (exact) mass is 322 g/mol. The lowest BCUT2D eigenvalue weighted by atomic mass is 10.1. The average molecular weight is 322 g/mol. The van der Waals surface area contributed by atoms with E-state index in [4.69, 9.17) is 10.5 Å². The third kappa shape index (κ3) is 3.27. The van der Waals surface area contributed by atoms with Gasteiger partial charge in [0.2, 0.25) is 0 Å². The van der Waals surface area contributed by atoms with Crippen molar-refractivity contribution < 1.29 is 9.53 Å². The van der Waals surface area contributed by atoms with Crippen molar-refractivity contribution in [2.45, 2.75) is 20.8 Å². The molecule has 24 heavy (non-hydrogen) atoms. The van der Waals surface area contributed by atoms with Crippen molar-refractivity contribution in [3.8, 4) is 5.75 Å². The van der Waals surface area contributed by atoms with E-state index in [-0.39, 0.29) is 5.91 Å². The molecule has 4 heteroatoms. The number of carbonyl (C=O) groups excluding carboxylic acids is 1. The molecule has 2 aromatic rings. The molecule has 0 spiro atoms. The zero-order valence-electron chi connectivity index (χ0n) is 14.2. The Labute approximate surface area is 142 Å². The van der Waals surface area contributed by atoms with Gasteiger partial charge in [-0.15, -0.1) is 0 Å². The van der Waals surface area contributed by atoms with Crippen LogP contribution in [0, 0.1) is 12.8 Å². The Balaban J connectivity index is 2.02. The Bertz CT molecular complexity index is 792. The summed E-state index contributed by atoms with van der Waals surface area (Å²) in [6.07, 6.45) is 1.79. The zero-order valence-corrected chi connectivity index (χ0v) is 14.2. The van der Waals surface area contributed by atoms with Crippen molar-refractivity contribution in [3.05, 3.63) is 59.4 Å². The fraction of sp³-hybridized carbons (Fsp3) is 0.250. The predicted octanol–water partition coefficient (Wildman–Crippen LogP) is 4.00. The first-order chi connectivity index (χ1) is 11.4. The molecular formula is C20H22N2O2. The molecule has 0 fully saturated rings. The summed E-state index contributed by atoms with van der Waals surface area (Å²) in [5.74, 6) is 1.18. The molecule has 124 valence electrons. The van der Waals surface area contributed by atoms with Gasteiger partial charge in [0.05, 0.1) is 5.69 Å². The van der Waals surface area contributed by atoms with Crippen LogP contribution < -0.4 is 15.4 Å². The summed E-state index contributed by atoms with van der Waals surface area (Å²) in [6, 6.07) is 13.4. The molecule has 0 aromatic heterocycles. The van der Waals surface area contributed by atoms with Crippen molar-refractivity contribution in [1.29, 1.82) is 0 Å². The van der Waals surface area contributed by atoms with Crippen molar-refractivity contribution in [3.63, 3.8) is 0 Å². The van der Waals surface area contributed by atoms with Crippen LogP contribution in [0.5, 0.6) is 5.75 Å². The number of nitrogen functional groups attached to an aromatic ring is 1. The van der Waals surface area contributed by atoms with Crippen LogP contribution in [0.25, 0.3) is 6.08 Å². The molecule has 0 aliphatic carbocycles. The summed E-state index contributed by atoms with van der Waals surface area (Å²) in [5, 5.41) is 0.